The predicted molar refractivity (Wildman–Crippen MR) is 93.8 cm³/mol. The molecule has 3 amide bonds. The van der Waals surface area contributed by atoms with Crippen LogP contribution in [0.4, 0.5) is 14.9 Å². The summed E-state index contributed by atoms with van der Waals surface area (Å²) in [6, 6.07) is 5.63. The Kier molecular flexibility index (Phi) is 7.66. The molecule has 1 aliphatic heterocycles. The quantitative estimate of drug-likeness (QED) is 0.742. The first-order valence-electron chi connectivity index (χ1n) is 8.65. The van der Waals surface area contributed by atoms with Crippen LogP contribution in [-0.2, 0) is 9.53 Å². The molecule has 2 N–H and O–H groups in total. The third-order valence-corrected chi connectivity index (χ3v) is 4.29. The fourth-order valence-electron chi connectivity index (χ4n) is 2.97. The summed E-state index contributed by atoms with van der Waals surface area (Å²) >= 11 is 0. The van der Waals surface area contributed by atoms with E-state index in [1.807, 2.05) is 0 Å². The standard InChI is InChI=1S/C18H26FN3O3/c1-25-11-9-20-17(23)8-7-14-4-3-10-22(13-14)18(24)21-16-6-2-5-15(19)12-16/h2,5-6,12,14H,3-4,7-11,13H2,1H3,(H,20,23)(H,21,24)/t14-/m1/s1. The Hall–Kier alpha value is -2.15. The predicted octanol–water partition coefficient (Wildman–Crippen LogP) is 2.61. The van der Waals surface area contributed by atoms with Crippen molar-refractivity contribution in [2.75, 3.05) is 38.7 Å². The van der Waals surface area contributed by atoms with Gasteiger partial charge in [0, 0.05) is 38.9 Å². The van der Waals surface area contributed by atoms with Crippen molar-refractivity contribution in [1.29, 1.82) is 0 Å². The van der Waals surface area contributed by atoms with Crippen LogP contribution in [0.1, 0.15) is 25.7 Å². The molecule has 0 spiro atoms. The highest BCUT2D eigenvalue weighted by Crippen LogP contribution is 2.22. The Bertz CT molecular complexity index is 582. The van der Waals surface area contributed by atoms with Crippen molar-refractivity contribution in [1.82, 2.24) is 10.2 Å². The van der Waals surface area contributed by atoms with Crippen molar-refractivity contribution < 1.29 is 18.7 Å². The number of methoxy groups -OCH3 is 1. The number of carbonyl (C=O) groups is 2. The van der Waals surface area contributed by atoms with Gasteiger partial charge in [0.15, 0.2) is 0 Å². The highest BCUT2D eigenvalue weighted by atomic mass is 19.1. The maximum atomic E-state index is 13.2. The molecule has 7 heteroatoms. The highest BCUT2D eigenvalue weighted by molar-refractivity contribution is 5.89. The Morgan fingerprint density at radius 2 is 2.24 bits per heavy atom. The first kappa shape index (κ1) is 19.2. The normalized spacial score (nSPS) is 17.2. The number of hydrogen-bond donors (Lipinski definition) is 2. The maximum absolute atomic E-state index is 13.2. The number of amides is 3. The topological polar surface area (TPSA) is 70.7 Å². The summed E-state index contributed by atoms with van der Waals surface area (Å²) in [5.41, 5.74) is 0.449. The van der Waals surface area contributed by atoms with E-state index >= 15 is 0 Å². The number of likely N-dealkylation sites (tertiary alicyclic amines) is 1. The molecule has 0 bridgehead atoms. The molecule has 138 valence electrons. The Balaban J connectivity index is 1.76. The Morgan fingerprint density at radius 3 is 3.00 bits per heavy atom. The van der Waals surface area contributed by atoms with Gasteiger partial charge in [0.1, 0.15) is 5.82 Å². The number of nitrogens with one attached hydrogen (secondary N) is 2. The average molecular weight is 351 g/mol. The van der Waals surface area contributed by atoms with E-state index in [2.05, 4.69) is 10.6 Å². The summed E-state index contributed by atoms with van der Waals surface area (Å²) < 4.78 is 18.1. The van der Waals surface area contributed by atoms with Crippen molar-refractivity contribution in [3.05, 3.63) is 30.1 Å². The van der Waals surface area contributed by atoms with Gasteiger partial charge >= 0.3 is 6.03 Å². The van der Waals surface area contributed by atoms with Crippen molar-refractivity contribution in [3.63, 3.8) is 0 Å². The lowest BCUT2D eigenvalue weighted by Gasteiger charge is -2.32. The lowest BCUT2D eigenvalue weighted by atomic mass is 9.93. The number of benzene rings is 1. The zero-order valence-electron chi connectivity index (χ0n) is 14.6. The fourth-order valence-corrected chi connectivity index (χ4v) is 2.97. The van der Waals surface area contributed by atoms with Gasteiger partial charge in [-0.15, -0.1) is 0 Å². The monoisotopic (exact) mass is 351 g/mol. The van der Waals surface area contributed by atoms with E-state index < -0.39 is 0 Å². The second kappa shape index (κ2) is 9.98. The summed E-state index contributed by atoms with van der Waals surface area (Å²) in [7, 11) is 1.59. The van der Waals surface area contributed by atoms with Crippen LogP contribution in [0.2, 0.25) is 0 Å². The number of anilines is 1. The van der Waals surface area contributed by atoms with Crippen LogP contribution in [0.15, 0.2) is 24.3 Å². The molecule has 1 saturated heterocycles. The minimum atomic E-state index is -0.381. The summed E-state index contributed by atoms with van der Waals surface area (Å²) in [5.74, 6) is -0.0626. The molecule has 25 heavy (non-hydrogen) atoms. The third kappa shape index (κ3) is 6.70. The lowest BCUT2D eigenvalue weighted by Crippen LogP contribution is -2.42. The number of halogens is 1. The zero-order valence-corrected chi connectivity index (χ0v) is 14.6. The van der Waals surface area contributed by atoms with E-state index in [0.29, 0.717) is 44.3 Å². The second-order valence-electron chi connectivity index (χ2n) is 6.28. The number of carbonyl (C=O) groups excluding carboxylic acids is 2. The first-order chi connectivity index (χ1) is 12.1. The van der Waals surface area contributed by atoms with Crippen LogP contribution in [-0.4, -0.2) is 50.2 Å². The van der Waals surface area contributed by atoms with Gasteiger partial charge in [-0.25, -0.2) is 9.18 Å². The van der Waals surface area contributed by atoms with Gasteiger partial charge in [-0.2, -0.15) is 0 Å². The minimum absolute atomic E-state index is 0.0124. The molecular formula is C18H26FN3O3. The molecule has 0 aromatic heterocycles. The first-order valence-corrected chi connectivity index (χ1v) is 8.65. The summed E-state index contributed by atoms with van der Waals surface area (Å²) in [4.78, 5) is 25.8. The van der Waals surface area contributed by atoms with E-state index in [0.717, 1.165) is 19.3 Å². The third-order valence-electron chi connectivity index (χ3n) is 4.29. The van der Waals surface area contributed by atoms with Gasteiger partial charge in [0.2, 0.25) is 5.91 Å². The van der Waals surface area contributed by atoms with Crippen LogP contribution < -0.4 is 10.6 Å². The van der Waals surface area contributed by atoms with E-state index in [4.69, 9.17) is 4.74 Å². The van der Waals surface area contributed by atoms with Crippen molar-refractivity contribution in [2.45, 2.75) is 25.7 Å². The summed E-state index contributed by atoms with van der Waals surface area (Å²) in [6.45, 7) is 2.32. The molecule has 6 nitrogen and oxygen atoms in total. The van der Waals surface area contributed by atoms with Crippen LogP contribution in [0.25, 0.3) is 0 Å². The fraction of sp³-hybridized carbons (Fsp3) is 0.556. The van der Waals surface area contributed by atoms with E-state index in [1.165, 1.54) is 12.1 Å². The lowest BCUT2D eigenvalue weighted by molar-refractivity contribution is -0.121. The Labute approximate surface area is 147 Å². The van der Waals surface area contributed by atoms with E-state index in [9.17, 15) is 14.0 Å². The van der Waals surface area contributed by atoms with Crippen molar-refractivity contribution in [3.8, 4) is 0 Å². The number of urea groups is 1. The van der Waals surface area contributed by atoms with Gasteiger partial charge in [-0.3, -0.25) is 4.79 Å². The molecule has 0 saturated carbocycles. The molecule has 0 aliphatic carbocycles. The van der Waals surface area contributed by atoms with Gasteiger partial charge in [-0.05, 0) is 43.4 Å². The van der Waals surface area contributed by atoms with Crippen LogP contribution in [0, 0.1) is 11.7 Å². The van der Waals surface area contributed by atoms with Crippen molar-refractivity contribution in [2.24, 2.45) is 5.92 Å². The molecule has 1 fully saturated rings. The minimum Gasteiger partial charge on any atom is -0.383 e. The van der Waals surface area contributed by atoms with Crippen LogP contribution in [0.5, 0.6) is 0 Å². The number of hydrogen-bond acceptors (Lipinski definition) is 3. The number of rotatable bonds is 7. The molecule has 2 rings (SSSR count). The van der Waals surface area contributed by atoms with Gasteiger partial charge < -0.3 is 20.3 Å². The molecule has 1 aliphatic rings. The van der Waals surface area contributed by atoms with Crippen molar-refractivity contribution >= 4 is 17.6 Å². The number of nitrogens with zero attached hydrogens (tertiary/aromatic N) is 1. The van der Waals surface area contributed by atoms with Crippen LogP contribution >= 0.6 is 0 Å². The van der Waals surface area contributed by atoms with Crippen LogP contribution in [0.3, 0.4) is 0 Å². The highest BCUT2D eigenvalue weighted by Gasteiger charge is 2.24. The molecule has 0 radical (unpaired) electrons. The summed E-state index contributed by atoms with van der Waals surface area (Å²) in [5, 5.41) is 5.53. The number of piperidine rings is 1. The molecule has 1 heterocycles. The van der Waals surface area contributed by atoms with E-state index in [1.54, 1.807) is 24.1 Å². The molecular weight excluding hydrogens is 325 g/mol. The molecule has 1 aromatic carbocycles. The smallest absolute Gasteiger partial charge is 0.321 e. The number of ether oxygens (including phenoxy) is 1. The zero-order chi connectivity index (χ0) is 18.1. The largest absolute Gasteiger partial charge is 0.383 e. The SMILES string of the molecule is COCCNC(=O)CC[C@H]1CCCN(C(=O)Nc2cccc(F)c2)C1. The summed E-state index contributed by atoms with van der Waals surface area (Å²) in [6.07, 6.45) is 3.12. The molecule has 1 aromatic rings. The molecule has 1 atom stereocenters. The van der Waals surface area contributed by atoms with Gasteiger partial charge in [-0.1, -0.05) is 6.07 Å². The van der Waals surface area contributed by atoms with Gasteiger partial charge in [0.25, 0.3) is 0 Å². The second-order valence-corrected chi connectivity index (χ2v) is 6.28. The van der Waals surface area contributed by atoms with E-state index in [-0.39, 0.29) is 17.8 Å². The average Bonchev–Trinajstić information content (AvgIpc) is 2.60. The molecule has 0 unspecified atom stereocenters. The van der Waals surface area contributed by atoms with Gasteiger partial charge in [0.05, 0.1) is 6.61 Å². The Morgan fingerprint density at radius 1 is 1.40 bits per heavy atom. The maximum Gasteiger partial charge on any atom is 0.321 e.